The molecule has 1 aromatic rings. The predicted octanol–water partition coefficient (Wildman–Crippen LogP) is -0.975. The smallest absolute Gasteiger partial charge is 0.311 e. The highest BCUT2D eigenvalue weighted by atomic mass is 16.4. The van der Waals surface area contributed by atoms with Crippen LogP contribution in [0.25, 0.3) is 0 Å². The fourth-order valence-corrected chi connectivity index (χ4v) is 0.770. The van der Waals surface area contributed by atoms with E-state index in [2.05, 4.69) is 20.4 Å². The Bertz CT molecular complexity index is 313. The molecule has 0 aliphatic carbocycles. The van der Waals surface area contributed by atoms with Crippen LogP contribution in [0.15, 0.2) is 0 Å². The summed E-state index contributed by atoms with van der Waals surface area (Å²) in [4.78, 5) is 20.9. The minimum absolute atomic E-state index is 0.0322. The molecule has 0 atom stereocenters. The van der Waals surface area contributed by atoms with E-state index in [4.69, 9.17) is 5.11 Å². The summed E-state index contributed by atoms with van der Waals surface area (Å²) in [7, 11) is 0. The molecule has 1 heterocycles. The van der Waals surface area contributed by atoms with Gasteiger partial charge in [0.1, 0.15) is 12.2 Å². The van der Waals surface area contributed by atoms with Crippen molar-refractivity contribution in [2.24, 2.45) is 0 Å². The Labute approximate surface area is 79.2 Å². The molecule has 1 rings (SSSR count). The molecule has 0 aliphatic heterocycles. The lowest BCUT2D eigenvalue weighted by molar-refractivity contribution is -0.136. The molecule has 0 radical (unpaired) electrons. The van der Waals surface area contributed by atoms with Crippen molar-refractivity contribution in [3.63, 3.8) is 0 Å². The van der Waals surface area contributed by atoms with Gasteiger partial charge < -0.3 is 5.11 Å². The van der Waals surface area contributed by atoms with Crippen molar-refractivity contribution in [2.75, 3.05) is 0 Å². The van der Waals surface area contributed by atoms with E-state index in [1.807, 2.05) is 0 Å². The standard InChI is InChI=1S/C7H8N4O3/c1-4(12)2-5-8-10-6(11-9-5)3-7(13)14/h2-3H2,1H3,(H,13,14). The van der Waals surface area contributed by atoms with E-state index in [1.54, 1.807) is 0 Å². The molecule has 74 valence electrons. The van der Waals surface area contributed by atoms with E-state index >= 15 is 0 Å². The van der Waals surface area contributed by atoms with Crippen molar-refractivity contribution >= 4 is 11.8 Å². The van der Waals surface area contributed by atoms with Gasteiger partial charge in [0.15, 0.2) is 11.6 Å². The Balaban J connectivity index is 2.68. The number of rotatable bonds is 4. The molecule has 0 saturated heterocycles. The Hall–Kier alpha value is -1.92. The second-order valence-corrected chi connectivity index (χ2v) is 2.68. The predicted molar refractivity (Wildman–Crippen MR) is 43.3 cm³/mol. The topological polar surface area (TPSA) is 106 Å². The van der Waals surface area contributed by atoms with Crippen LogP contribution in [-0.4, -0.2) is 37.3 Å². The highest BCUT2D eigenvalue weighted by Crippen LogP contribution is 1.90. The van der Waals surface area contributed by atoms with E-state index in [1.165, 1.54) is 6.92 Å². The first-order valence-corrected chi connectivity index (χ1v) is 3.84. The van der Waals surface area contributed by atoms with Gasteiger partial charge in [-0.15, -0.1) is 20.4 Å². The highest BCUT2D eigenvalue weighted by Gasteiger charge is 2.06. The van der Waals surface area contributed by atoms with Gasteiger partial charge in [-0.2, -0.15) is 0 Å². The average Bonchev–Trinajstić information content (AvgIpc) is 2.06. The zero-order chi connectivity index (χ0) is 10.6. The van der Waals surface area contributed by atoms with Gasteiger partial charge in [0.2, 0.25) is 0 Å². The fraction of sp³-hybridized carbons (Fsp3) is 0.429. The number of nitrogens with zero attached hydrogens (tertiary/aromatic N) is 4. The molecule has 7 heteroatoms. The molecule has 0 aromatic carbocycles. The second-order valence-electron chi connectivity index (χ2n) is 2.68. The van der Waals surface area contributed by atoms with Gasteiger partial charge in [0.05, 0.1) is 6.42 Å². The molecule has 7 nitrogen and oxygen atoms in total. The number of carbonyl (C=O) groups is 2. The number of Topliss-reactive ketones (excluding diaryl/α,β-unsaturated/α-hetero) is 1. The number of aliphatic carboxylic acids is 1. The first-order valence-electron chi connectivity index (χ1n) is 3.84. The normalized spacial score (nSPS) is 9.79. The third kappa shape index (κ3) is 3.21. The lowest BCUT2D eigenvalue weighted by Gasteiger charge is -1.95. The largest absolute Gasteiger partial charge is 0.481 e. The molecule has 0 bridgehead atoms. The first-order chi connectivity index (χ1) is 6.58. The summed E-state index contributed by atoms with van der Waals surface area (Å²) < 4.78 is 0. The lowest BCUT2D eigenvalue weighted by Crippen LogP contribution is -2.11. The van der Waals surface area contributed by atoms with Gasteiger partial charge in [-0.1, -0.05) is 0 Å². The van der Waals surface area contributed by atoms with Crippen LogP contribution in [0.2, 0.25) is 0 Å². The monoisotopic (exact) mass is 196 g/mol. The summed E-state index contributed by atoms with van der Waals surface area (Å²) in [6, 6.07) is 0. The Morgan fingerprint density at radius 2 is 1.50 bits per heavy atom. The maximum atomic E-state index is 10.6. The number of ketones is 1. The molecule has 0 fully saturated rings. The maximum Gasteiger partial charge on any atom is 0.311 e. The average molecular weight is 196 g/mol. The van der Waals surface area contributed by atoms with E-state index in [-0.39, 0.29) is 30.3 Å². The Morgan fingerprint density at radius 3 is 1.86 bits per heavy atom. The van der Waals surface area contributed by atoms with Gasteiger partial charge in [-0.25, -0.2) is 0 Å². The van der Waals surface area contributed by atoms with Crippen LogP contribution in [0.3, 0.4) is 0 Å². The Kier molecular flexibility index (Phi) is 3.16. The molecule has 0 aliphatic rings. The van der Waals surface area contributed by atoms with Crippen molar-refractivity contribution in [1.29, 1.82) is 0 Å². The number of hydrogen-bond donors (Lipinski definition) is 1. The van der Waals surface area contributed by atoms with Gasteiger partial charge in [0, 0.05) is 0 Å². The van der Waals surface area contributed by atoms with E-state index in [9.17, 15) is 9.59 Å². The molecular formula is C7H8N4O3. The third-order valence-corrected chi connectivity index (χ3v) is 1.28. The van der Waals surface area contributed by atoms with E-state index in [0.29, 0.717) is 0 Å². The van der Waals surface area contributed by atoms with Crippen LogP contribution in [-0.2, 0) is 22.4 Å². The highest BCUT2D eigenvalue weighted by molar-refractivity contribution is 5.77. The summed E-state index contributed by atoms with van der Waals surface area (Å²) in [5, 5.41) is 22.6. The molecule has 0 spiro atoms. The number of carboxylic acid groups (broad SMARTS) is 1. The van der Waals surface area contributed by atoms with Crippen molar-refractivity contribution in [1.82, 2.24) is 20.4 Å². The van der Waals surface area contributed by atoms with Crippen LogP contribution < -0.4 is 0 Å². The minimum atomic E-state index is -1.05. The van der Waals surface area contributed by atoms with Gasteiger partial charge in [-0.05, 0) is 6.92 Å². The van der Waals surface area contributed by atoms with E-state index in [0.717, 1.165) is 0 Å². The SMILES string of the molecule is CC(=O)Cc1nnc(CC(=O)O)nn1. The molecule has 1 N–H and O–H groups in total. The van der Waals surface area contributed by atoms with Crippen molar-refractivity contribution in [2.45, 2.75) is 19.8 Å². The minimum Gasteiger partial charge on any atom is -0.481 e. The molecule has 0 saturated carbocycles. The summed E-state index contributed by atoms with van der Waals surface area (Å²) in [6.45, 7) is 1.40. The van der Waals surface area contributed by atoms with Crippen molar-refractivity contribution in [3.8, 4) is 0 Å². The van der Waals surface area contributed by atoms with Gasteiger partial charge in [0.25, 0.3) is 0 Å². The molecule has 0 unspecified atom stereocenters. The zero-order valence-corrected chi connectivity index (χ0v) is 7.47. The van der Waals surface area contributed by atoms with Crippen LogP contribution >= 0.6 is 0 Å². The molecule has 1 aromatic heterocycles. The first kappa shape index (κ1) is 10.2. The second kappa shape index (κ2) is 4.35. The number of hydrogen-bond acceptors (Lipinski definition) is 6. The molecule has 14 heavy (non-hydrogen) atoms. The number of carbonyl (C=O) groups excluding carboxylic acids is 1. The summed E-state index contributed by atoms with van der Waals surface area (Å²) in [6.07, 6.45) is -0.256. The van der Waals surface area contributed by atoms with Crippen LogP contribution in [0.5, 0.6) is 0 Å². The Morgan fingerprint density at radius 1 is 1.07 bits per heavy atom. The van der Waals surface area contributed by atoms with Crippen LogP contribution in [0.1, 0.15) is 18.6 Å². The van der Waals surface area contributed by atoms with Crippen LogP contribution in [0, 0.1) is 0 Å². The van der Waals surface area contributed by atoms with E-state index < -0.39 is 5.97 Å². The van der Waals surface area contributed by atoms with Crippen molar-refractivity contribution < 1.29 is 14.7 Å². The number of carboxylic acids is 1. The lowest BCUT2D eigenvalue weighted by atomic mass is 10.3. The molecular weight excluding hydrogens is 188 g/mol. The van der Waals surface area contributed by atoms with Gasteiger partial charge in [-0.3, -0.25) is 9.59 Å². The fourth-order valence-electron chi connectivity index (χ4n) is 0.770. The summed E-state index contributed by atoms with van der Waals surface area (Å²) >= 11 is 0. The summed E-state index contributed by atoms with van der Waals surface area (Å²) in [5.41, 5.74) is 0. The quantitative estimate of drug-likeness (QED) is 0.659. The summed E-state index contributed by atoms with van der Waals surface area (Å²) in [5.74, 6) is -0.913. The van der Waals surface area contributed by atoms with Crippen molar-refractivity contribution in [3.05, 3.63) is 11.6 Å². The van der Waals surface area contributed by atoms with Crippen LogP contribution in [0.4, 0.5) is 0 Å². The molecule has 0 amide bonds. The zero-order valence-electron chi connectivity index (χ0n) is 7.47. The van der Waals surface area contributed by atoms with Gasteiger partial charge >= 0.3 is 5.97 Å². The third-order valence-electron chi connectivity index (χ3n) is 1.28. The number of aromatic nitrogens is 4. The maximum absolute atomic E-state index is 10.6.